The van der Waals surface area contributed by atoms with E-state index in [0.717, 1.165) is 0 Å². The summed E-state index contributed by atoms with van der Waals surface area (Å²) in [7, 11) is -10.3. The van der Waals surface area contributed by atoms with Crippen LogP contribution >= 0.6 is 0 Å². The van der Waals surface area contributed by atoms with Crippen LogP contribution in [0.4, 0.5) is 0 Å². The van der Waals surface area contributed by atoms with Crippen molar-refractivity contribution >= 4 is 20.8 Å². The summed E-state index contributed by atoms with van der Waals surface area (Å²) in [5, 5.41) is 0. The first kappa shape index (κ1) is 15.0. The average Bonchev–Trinajstić information content (AvgIpc) is 1.57. The molecule has 0 bridgehead atoms. The van der Waals surface area contributed by atoms with E-state index in [1.807, 2.05) is 0 Å². The van der Waals surface area contributed by atoms with Crippen molar-refractivity contribution in [2.45, 2.75) is 0 Å². The van der Waals surface area contributed by atoms with Gasteiger partial charge in [-0.2, -0.15) is 8.42 Å². The molecular weight excluding hydrogens is 278 g/mol. The van der Waals surface area contributed by atoms with Crippen LogP contribution in [0.25, 0.3) is 0 Å². The van der Waals surface area contributed by atoms with Gasteiger partial charge in [-0.3, -0.25) is 4.55 Å². The monoisotopic (exact) mass is 278 g/mol. The smallest absolute Gasteiger partial charge is 0.724 e. The molecule has 0 heterocycles. The number of hydrogen-bond donors (Lipinski definition) is 1. The third kappa shape index (κ3) is 14.4. The second-order valence-corrected chi connectivity index (χ2v) is 2.92. The van der Waals surface area contributed by atoms with Crippen LogP contribution in [0.15, 0.2) is 0 Å². The molecule has 0 saturated heterocycles. The van der Waals surface area contributed by atoms with Crippen LogP contribution in [0.3, 0.4) is 0 Å². The largest absolute Gasteiger partial charge is 1.00 e. The summed E-state index contributed by atoms with van der Waals surface area (Å²) in [4.78, 5) is 0. The van der Waals surface area contributed by atoms with Crippen LogP contribution in [-0.2, 0) is 29.5 Å². The van der Waals surface area contributed by atoms with Gasteiger partial charge in [-0.05, 0) is 0 Å². The predicted octanol–water partition coefficient (Wildman–Crippen LogP) is -4.80. The summed E-state index contributed by atoms with van der Waals surface area (Å²) >= 11 is 0. The first-order chi connectivity index (χ1) is 4.21. The van der Waals surface area contributed by atoms with Gasteiger partial charge >= 0.3 is 68.6 Å². The maximum absolute atomic E-state index is 9.48. The van der Waals surface area contributed by atoms with Crippen molar-refractivity contribution in [2.75, 3.05) is 0 Å². The quantitative estimate of drug-likeness (QED) is 0.236. The number of rotatable bonds is 3. The molecule has 0 amide bonds. The zero-order chi connectivity index (χ0) is 8.41. The molecule has 0 aromatic rings. The maximum atomic E-state index is 9.48. The van der Waals surface area contributed by atoms with E-state index < -0.39 is 20.8 Å². The van der Waals surface area contributed by atoms with Gasteiger partial charge in [0.1, 0.15) is 0 Å². The Balaban J connectivity index is 0. The van der Waals surface area contributed by atoms with Crippen LogP contribution in [-0.4, -0.2) is 25.9 Å². The second kappa shape index (κ2) is 5.31. The average molecular weight is 279 g/mol. The van der Waals surface area contributed by atoms with E-state index in [0.29, 0.717) is 0 Å². The summed E-state index contributed by atoms with van der Waals surface area (Å²) < 4.78 is 60.2. The van der Waals surface area contributed by atoms with Crippen LogP contribution in [0.5, 0.6) is 0 Å². The maximum Gasteiger partial charge on any atom is 1.00 e. The topological polar surface area (TPSA) is 130 Å². The Morgan fingerprint density at radius 1 is 1.09 bits per heavy atom. The molecule has 0 spiro atoms. The van der Waals surface area contributed by atoms with Crippen LogP contribution < -0.4 is 58.2 Å². The molecule has 8 nitrogen and oxygen atoms in total. The third-order valence-corrected chi connectivity index (χ3v) is 0.758. The molecule has 0 aromatic heterocycles. The van der Waals surface area contributed by atoms with Gasteiger partial charge in [-0.25, -0.2) is 8.42 Å². The molecule has 1 N–H and O–H groups in total. The molecule has 0 saturated carbocycles. The Morgan fingerprint density at radius 3 is 1.55 bits per heavy atom. The molecule has 0 aliphatic carbocycles. The summed E-state index contributed by atoms with van der Waals surface area (Å²) in [6.07, 6.45) is 0. The van der Waals surface area contributed by atoms with Crippen molar-refractivity contribution in [3.8, 4) is 0 Å². The van der Waals surface area contributed by atoms with Gasteiger partial charge in [-0.1, -0.05) is 8.67 Å². The van der Waals surface area contributed by atoms with Gasteiger partial charge < -0.3 is 4.55 Å². The summed E-state index contributed by atoms with van der Waals surface area (Å²) in [5.41, 5.74) is 0. The first-order valence-electron chi connectivity index (χ1n) is 1.52. The molecule has 0 unspecified atom stereocenters. The van der Waals surface area contributed by atoms with Crippen molar-refractivity contribution in [1.29, 1.82) is 0 Å². The normalized spacial score (nSPS) is 12.2. The Labute approximate surface area is 111 Å². The van der Waals surface area contributed by atoms with Gasteiger partial charge in [0.05, 0.1) is 0 Å². The predicted molar refractivity (Wildman–Crippen MR) is 23.4 cm³/mol. The molecular formula is HO8RbS2. The second-order valence-electron chi connectivity index (χ2n) is 0.972. The van der Waals surface area contributed by atoms with E-state index in [1.54, 1.807) is 0 Å². The minimum absolute atomic E-state index is 0. The van der Waals surface area contributed by atoms with Gasteiger partial charge in [0, 0.05) is 0 Å². The van der Waals surface area contributed by atoms with Crippen molar-refractivity contribution < 1.29 is 92.8 Å². The fourth-order valence-electron chi connectivity index (χ4n) is 0.0691. The summed E-state index contributed by atoms with van der Waals surface area (Å²) in [6, 6.07) is 0. The molecule has 11 heteroatoms. The molecule has 0 rings (SSSR count). The summed E-state index contributed by atoms with van der Waals surface area (Å²) in [5.74, 6) is 0. The van der Waals surface area contributed by atoms with Crippen molar-refractivity contribution in [3.63, 3.8) is 0 Å². The van der Waals surface area contributed by atoms with E-state index in [4.69, 9.17) is 4.55 Å². The van der Waals surface area contributed by atoms with Gasteiger partial charge in [0.2, 0.25) is 10.4 Å². The molecule has 0 aliphatic heterocycles. The van der Waals surface area contributed by atoms with Crippen molar-refractivity contribution in [3.05, 3.63) is 0 Å². The van der Waals surface area contributed by atoms with E-state index in [1.165, 1.54) is 0 Å². The van der Waals surface area contributed by atoms with Gasteiger partial charge in [0.15, 0.2) is 0 Å². The summed E-state index contributed by atoms with van der Waals surface area (Å²) in [6.45, 7) is 0. The molecule has 62 valence electrons. The van der Waals surface area contributed by atoms with Crippen LogP contribution in [0.1, 0.15) is 0 Å². The zero-order valence-corrected chi connectivity index (χ0v) is 11.7. The van der Waals surface area contributed by atoms with E-state index in [9.17, 15) is 21.4 Å². The van der Waals surface area contributed by atoms with Crippen LogP contribution in [0.2, 0.25) is 0 Å². The van der Waals surface area contributed by atoms with Crippen LogP contribution in [0, 0.1) is 0 Å². The van der Waals surface area contributed by atoms with E-state index >= 15 is 0 Å². The molecule has 0 atom stereocenters. The molecule has 0 radical (unpaired) electrons. The molecule has 0 fully saturated rings. The van der Waals surface area contributed by atoms with Gasteiger partial charge in [0.25, 0.3) is 0 Å². The molecule has 0 aliphatic rings. The Bertz CT molecular complexity index is 248. The fraction of sp³-hybridized carbons (Fsp3) is 0. The minimum Gasteiger partial charge on any atom is -0.724 e. The number of hydrogen-bond acceptors (Lipinski definition) is 7. The van der Waals surface area contributed by atoms with E-state index in [-0.39, 0.29) is 58.2 Å². The first-order valence-corrected chi connectivity index (χ1v) is 4.21. The Kier molecular flexibility index (Phi) is 7.26. The van der Waals surface area contributed by atoms with Gasteiger partial charge in [-0.15, -0.1) is 0 Å². The SMILES string of the molecule is O=S(=O)([O-])OOS(=O)(=O)O.[Rb+]. The third-order valence-electron chi connectivity index (χ3n) is 0.197. The van der Waals surface area contributed by atoms with Crippen molar-refractivity contribution in [1.82, 2.24) is 0 Å². The fourth-order valence-corrected chi connectivity index (χ4v) is 0.622. The molecule has 0 aromatic carbocycles. The minimum atomic E-state index is -5.27. The Hall–Kier alpha value is 1.55. The molecule has 11 heavy (non-hydrogen) atoms. The van der Waals surface area contributed by atoms with Crippen molar-refractivity contribution in [2.24, 2.45) is 0 Å². The Morgan fingerprint density at radius 2 is 1.45 bits per heavy atom. The zero-order valence-electron chi connectivity index (χ0n) is 5.12. The standard InChI is InChI=1S/H2O8S2.Rb/c1-9(2,3)7-8-10(4,5)6;/h(H,1,2,3)(H,4,5,6);/q;+1/p-1. The van der Waals surface area contributed by atoms with E-state index in [2.05, 4.69) is 8.67 Å².